The van der Waals surface area contributed by atoms with E-state index in [2.05, 4.69) is 17.9 Å². The molecule has 0 radical (unpaired) electrons. The summed E-state index contributed by atoms with van der Waals surface area (Å²) in [6.07, 6.45) is 2.36. The predicted molar refractivity (Wildman–Crippen MR) is 121 cm³/mol. The topological polar surface area (TPSA) is 60.4 Å². The molecular formula is C25H35NO5. The van der Waals surface area contributed by atoms with Crippen molar-refractivity contribution in [3.63, 3.8) is 0 Å². The Morgan fingerprint density at radius 3 is 2.48 bits per heavy atom. The molecule has 0 aliphatic carbocycles. The van der Waals surface area contributed by atoms with Gasteiger partial charge >= 0.3 is 0 Å². The quantitative estimate of drug-likeness (QED) is 0.580. The molecule has 6 heteroatoms. The van der Waals surface area contributed by atoms with Gasteiger partial charge in [-0.3, -0.25) is 4.90 Å². The Morgan fingerprint density at radius 2 is 1.74 bits per heavy atom. The normalized spacial score (nSPS) is 19.6. The first-order chi connectivity index (χ1) is 15.0. The lowest BCUT2D eigenvalue weighted by Gasteiger charge is -2.27. The summed E-state index contributed by atoms with van der Waals surface area (Å²) in [6, 6.07) is 14.0. The van der Waals surface area contributed by atoms with E-state index in [0.717, 1.165) is 55.3 Å². The van der Waals surface area contributed by atoms with Gasteiger partial charge < -0.3 is 24.1 Å². The number of aliphatic hydroxyl groups is 1. The minimum Gasteiger partial charge on any atom is -0.493 e. The largest absolute Gasteiger partial charge is 0.493 e. The molecule has 6 nitrogen and oxygen atoms in total. The highest BCUT2D eigenvalue weighted by Gasteiger charge is 2.31. The summed E-state index contributed by atoms with van der Waals surface area (Å²) < 4.78 is 22.2. The lowest BCUT2D eigenvalue weighted by Crippen LogP contribution is -2.37. The standard InChI is InChI=1S/C25H35NO5/c1-20-5-8-22(9-6-20)31-19-25(27)11-4-13-26(14-12-25)18-21-7-10-23(29-3)24(17-21)30-16-15-28-2/h5-10,17,27H,4,11-16,18-19H2,1-3H3. The number of ether oxygens (including phenoxy) is 4. The van der Waals surface area contributed by atoms with Gasteiger partial charge in [-0.15, -0.1) is 0 Å². The highest BCUT2D eigenvalue weighted by Crippen LogP contribution is 2.30. The SMILES string of the molecule is COCCOc1cc(CN2CCCC(O)(COc3ccc(C)cc3)CC2)ccc1OC. The van der Waals surface area contributed by atoms with Gasteiger partial charge in [0.05, 0.1) is 19.3 Å². The van der Waals surface area contributed by atoms with Gasteiger partial charge in [0.1, 0.15) is 19.0 Å². The van der Waals surface area contributed by atoms with Gasteiger partial charge in [-0.1, -0.05) is 23.8 Å². The van der Waals surface area contributed by atoms with Gasteiger partial charge in [0.15, 0.2) is 11.5 Å². The van der Waals surface area contributed by atoms with Crippen molar-refractivity contribution in [1.82, 2.24) is 4.90 Å². The molecule has 1 aliphatic rings. The van der Waals surface area contributed by atoms with Crippen LogP contribution < -0.4 is 14.2 Å². The predicted octanol–water partition coefficient (Wildman–Crippen LogP) is 3.82. The maximum Gasteiger partial charge on any atom is 0.161 e. The van der Waals surface area contributed by atoms with Crippen LogP contribution in [0.5, 0.6) is 17.2 Å². The molecule has 0 bridgehead atoms. The molecule has 1 aliphatic heterocycles. The molecule has 0 saturated carbocycles. The highest BCUT2D eigenvalue weighted by molar-refractivity contribution is 5.43. The van der Waals surface area contributed by atoms with Gasteiger partial charge in [-0.25, -0.2) is 0 Å². The number of aryl methyl sites for hydroxylation is 1. The van der Waals surface area contributed by atoms with Gasteiger partial charge in [-0.05, 0) is 62.6 Å². The lowest BCUT2D eigenvalue weighted by molar-refractivity contribution is -0.0168. The summed E-state index contributed by atoms with van der Waals surface area (Å²) in [7, 11) is 3.30. The van der Waals surface area contributed by atoms with Crippen LogP contribution >= 0.6 is 0 Å². The number of likely N-dealkylation sites (tertiary alicyclic amines) is 1. The first-order valence-corrected chi connectivity index (χ1v) is 10.9. The van der Waals surface area contributed by atoms with Gasteiger partial charge in [-0.2, -0.15) is 0 Å². The first-order valence-electron chi connectivity index (χ1n) is 10.9. The molecule has 1 heterocycles. The molecular weight excluding hydrogens is 394 g/mol. The second-order valence-corrected chi connectivity index (χ2v) is 8.28. The zero-order chi connectivity index (χ0) is 22.1. The molecule has 1 atom stereocenters. The van der Waals surface area contributed by atoms with E-state index in [0.29, 0.717) is 26.2 Å². The van der Waals surface area contributed by atoms with Crippen molar-refractivity contribution in [3.8, 4) is 17.2 Å². The van der Waals surface area contributed by atoms with Crippen LogP contribution in [0.15, 0.2) is 42.5 Å². The van der Waals surface area contributed by atoms with Crippen LogP contribution in [0.25, 0.3) is 0 Å². The summed E-state index contributed by atoms with van der Waals surface area (Å²) in [6.45, 7) is 5.95. The van der Waals surface area contributed by atoms with Crippen molar-refractivity contribution < 1.29 is 24.1 Å². The second-order valence-electron chi connectivity index (χ2n) is 8.28. The number of methoxy groups -OCH3 is 2. The molecule has 1 saturated heterocycles. The zero-order valence-electron chi connectivity index (χ0n) is 18.9. The third-order valence-electron chi connectivity index (χ3n) is 5.72. The molecule has 2 aromatic carbocycles. The number of benzene rings is 2. The van der Waals surface area contributed by atoms with E-state index in [1.165, 1.54) is 5.56 Å². The summed E-state index contributed by atoms with van der Waals surface area (Å²) >= 11 is 0. The van der Waals surface area contributed by atoms with Crippen LogP contribution in [0, 0.1) is 6.92 Å². The number of rotatable bonds is 10. The van der Waals surface area contributed by atoms with E-state index in [4.69, 9.17) is 18.9 Å². The van der Waals surface area contributed by atoms with Gasteiger partial charge in [0.25, 0.3) is 0 Å². The van der Waals surface area contributed by atoms with Crippen LogP contribution in [-0.2, 0) is 11.3 Å². The second kappa shape index (κ2) is 11.4. The zero-order valence-corrected chi connectivity index (χ0v) is 18.9. The molecule has 1 N–H and O–H groups in total. The monoisotopic (exact) mass is 429 g/mol. The van der Waals surface area contributed by atoms with Crippen LogP contribution in [-0.4, -0.2) is 62.7 Å². The number of hydrogen-bond acceptors (Lipinski definition) is 6. The maximum atomic E-state index is 11.1. The van der Waals surface area contributed by atoms with E-state index in [1.807, 2.05) is 36.4 Å². The van der Waals surface area contributed by atoms with E-state index < -0.39 is 5.60 Å². The fourth-order valence-electron chi connectivity index (χ4n) is 3.81. The molecule has 3 rings (SSSR count). The lowest BCUT2D eigenvalue weighted by atomic mass is 9.96. The Morgan fingerprint density at radius 1 is 0.935 bits per heavy atom. The maximum absolute atomic E-state index is 11.1. The van der Waals surface area contributed by atoms with Crippen molar-refractivity contribution in [2.24, 2.45) is 0 Å². The summed E-state index contributed by atoms with van der Waals surface area (Å²) in [5.74, 6) is 2.26. The molecule has 170 valence electrons. The fourth-order valence-corrected chi connectivity index (χ4v) is 3.81. The smallest absolute Gasteiger partial charge is 0.161 e. The van der Waals surface area contributed by atoms with Crippen LogP contribution in [0.4, 0.5) is 0 Å². The number of nitrogens with zero attached hydrogens (tertiary/aromatic N) is 1. The summed E-state index contributed by atoms with van der Waals surface area (Å²) in [5.41, 5.74) is 1.56. The Balaban J connectivity index is 1.55. The number of hydrogen-bond donors (Lipinski definition) is 1. The third kappa shape index (κ3) is 7.13. The van der Waals surface area contributed by atoms with Crippen molar-refractivity contribution in [1.29, 1.82) is 0 Å². The first kappa shape index (κ1) is 23.4. The Bertz CT molecular complexity index is 810. The van der Waals surface area contributed by atoms with Crippen molar-refractivity contribution >= 4 is 0 Å². The Hall–Kier alpha value is -2.28. The van der Waals surface area contributed by atoms with Gasteiger partial charge in [0, 0.05) is 20.2 Å². The molecule has 1 unspecified atom stereocenters. The van der Waals surface area contributed by atoms with Crippen LogP contribution in [0.2, 0.25) is 0 Å². The summed E-state index contributed by atoms with van der Waals surface area (Å²) in [4.78, 5) is 2.38. The molecule has 1 fully saturated rings. The van der Waals surface area contributed by atoms with Crippen molar-refractivity contribution in [3.05, 3.63) is 53.6 Å². The van der Waals surface area contributed by atoms with Crippen LogP contribution in [0.3, 0.4) is 0 Å². The highest BCUT2D eigenvalue weighted by atomic mass is 16.5. The minimum atomic E-state index is -0.798. The Labute approximate surface area is 185 Å². The van der Waals surface area contributed by atoms with Gasteiger partial charge in [0.2, 0.25) is 0 Å². The summed E-state index contributed by atoms with van der Waals surface area (Å²) in [5, 5.41) is 11.1. The molecule has 31 heavy (non-hydrogen) atoms. The van der Waals surface area contributed by atoms with E-state index in [-0.39, 0.29) is 0 Å². The van der Waals surface area contributed by atoms with Crippen molar-refractivity contribution in [2.75, 3.05) is 47.1 Å². The van der Waals surface area contributed by atoms with E-state index in [9.17, 15) is 5.11 Å². The molecule has 0 spiro atoms. The molecule has 0 aromatic heterocycles. The van der Waals surface area contributed by atoms with E-state index >= 15 is 0 Å². The third-order valence-corrected chi connectivity index (χ3v) is 5.72. The average molecular weight is 430 g/mol. The molecule has 2 aromatic rings. The van der Waals surface area contributed by atoms with Crippen LogP contribution in [0.1, 0.15) is 30.4 Å². The van der Waals surface area contributed by atoms with Crippen molar-refractivity contribution in [2.45, 2.75) is 38.3 Å². The molecule has 0 amide bonds. The average Bonchev–Trinajstić information content (AvgIpc) is 2.95. The minimum absolute atomic E-state index is 0.323. The fraction of sp³-hybridized carbons (Fsp3) is 0.520. The van der Waals surface area contributed by atoms with E-state index in [1.54, 1.807) is 14.2 Å². The Kier molecular flexibility index (Phi) is 8.58.